The zero-order valence-electron chi connectivity index (χ0n) is 20.9. The van der Waals surface area contributed by atoms with Crippen LogP contribution in [0.15, 0.2) is 58.6 Å². The Hall–Kier alpha value is -2.97. The van der Waals surface area contributed by atoms with E-state index in [4.69, 9.17) is 4.74 Å². The summed E-state index contributed by atoms with van der Waals surface area (Å²) in [5, 5.41) is 5.83. The van der Waals surface area contributed by atoms with Gasteiger partial charge in [0.25, 0.3) is 0 Å². The number of urea groups is 1. The molecule has 186 valence electrons. The molecule has 2 amide bonds. The molecule has 2 heterocycles. The van der Waals surface area contributed by atoms with Crippen LogP contribution >= 0.6 is 11.8 Å². The van der Waals surface area contributed by atoms with Crippen molar-refractivity contribution in [2.24, 2.45) is 0 Å². The van der Waals surface area contributed by atoms with Crippen LogP contribution in [0.25, 0.3) is 0 Å². The highest BCUT2D eigenvalue weighted by molar-refractivity contribution is 7.98. The summed E-state index contributed by atoms with van der Waals surface area (Å²) < 4.78 is 5.41. The van der Waals surface area contributed by atoms with Gasteiger partial charge in [-0.25, -0.2) is 9.59 Å². The molecule has 2 aliphatic heterocycles. The molecular formula is C27H34N4O3S. The lowest BCUT2D eigenvalue weighted by molar-refractivity contribution is -0.139. The third kappa shape index (κ3) is 5.82. The van der Waals surface area contributed by atoms with E-state index >= 15 is 0 Å². The Morgan fingerprint density at radius 3 is 2.46 bits per heavy atom. The van der Waals surface area contributed by atoms with E-state index in [-0.39, 0.29) is 12.6 Å². The first kappa shape index (κ1) is 25.1. The monoisotopic (exact) mass is 494 g/mol. The number of esters is 1. The summed E-state index contributed by atoms with van der Waals surface area (Å²) in [6.07, 6.45) is 2.02. The number of carbonyl (C=O) groups excluding carboxylic acids is 2. The molecule has 0 saturated carbocycles. The molecule has 0 bridgehead atoms. The Kier molecular flexibility index (Phi) is 8.03. The van der Waals surface area contributed by atoms with Crippen molar-refractivity contribution >= 4 is 29.4 Å². The smallest absolute Gasteiger partial charge is 0.338 e. The van der Waals surface area contributed by atoms with E-state index in [1.54, 1.807) is 18.7 Å². The number of hydrogen-bond acceptors (Lipinski definition) is 6. The number of ether oxygens (including phenoxy) is 1. The van der Waals surface area contributed by atoms with Crippen molar-refractivity contribution in [3.63, 3.8) is 0 Å². The van der Waals surface area contributed by atoms with Gasteiger partial charge in [0.1, 0.15) is 0 Å². The number of thioether (sulfide) groups is 1. The fraction of sp³-hybridized carbons (Fsp3) is 0.407. The number of rotatable bonds is 7. The largest absolute Gasteiger partial charge is 0.463 e. The second-order valence-corrected chi connectivity index (χ2v) is 9.85. The maximum atomic E-state index is 13.1. The first-order valence-corrected chi connectivity index (χ1v) is 13.3. The molecule has 0 aliphatic carbocycles. The number of aryl methyl sites for hydroxylation is 2. The zero-order valence-corrected chi connectivity index (χ0v) is 21.7. The summed E-state index contributed by atoms with van der Waals surface area (Å²) in [7, 11) is 0. The molecule has 7 nitrogen and oxygen atoms in total. The average Bonchev–Trinajstić information content (AvgIpc) is 2.86. The first-order valence-electron chi connectivity index (χ1n) is 12.1. The Bertz CT molecular complexity index is 1110. The van der Waals surface area contributed by atoms with Crippen LogP contribution < -0.4 is 15.5 Å². The number of hydrogen-bond donors (Lipinski definition) is 2. The molecule has 0 radical (unpaired) electrons. The van der Waals surface area contributed by atoms with E-state index in [0.29, 0.717) is 17.8 Å². The fourth-order valence-corrected chi connectivity index (χ4v) is 5.08. The zero-order chi connectivity index (χ0) is 24.9. The number of nitrogens with one attached hydrogen (secondary N) is 2. The summed E-state index contributed by atoms with van der Waals surface area (Å²) in [4.78, 5) is 31.5. The Balaban J connectivity index is 1.56. The predicted octanol–water partition coefficient (Wildman–Crippen LogP) is 4.02. The van der Waals surface area contributed by atoms with E-state index in [2.05, 4.69) is 52.5 Å². The van der Waals surface area contributed by atoms with Crippen LogP contribution in [0.4, 0.5) is 10.5 Å². The van der Waals surface area contributed by atoms with Crippen molar-refractivity contribution in [3.05, 3.63) is 70.4 Å². The lowest BCUT2D eigenvalue weighted by Gasteiger charge is -2.38. The number of amides is 2. The third-order valence-electron chi connectivity index (χ3n) is 6.56. The highest BCUT2D eigenvalue weighted by atomic mass is 32.2. The van der Waals surface area contributed by atoms with E-state index in [1.807, 2.05) is 30.5 Å². The quantitative estimate of drug-likeness (QED) is 0.448. The normalized spacial score (nSPS) is 18.8. The van der Waals surface area contributed by atoms with Crippen LogP contribution in [0.5, 0.6) is 0 Å². The van der Waals surface area contributed by atoms with E-state index in [9.17, 15) is 9.59 Å². The average molecular weight is 495 g/mol. The molecule has 0 spiro atoms. The number of anilines is 1. The van der Waals surface area contributed by atoms with Gasteiger partial charge in [0.05, 0.1) is 18.2 Å². The van der Waals surface area contributed by atoms with Gasteiger partial charge in [-0.1, -0.05) is 24.3 Å². The number of nitrogens with zero attached hydrogens (tertiary/aromatic N) is 2. The van der Waals surface area contributed by atoms with Crippen molar-refractivity contribution in [1.82, 2.24) is 15.5 Å². The molecule has 35 heavy (non-hydrogen) atoms. The van der Waals surface area contributed by atoms with E-state index in [0.717, 1.165) is 36.6 Å². The van der Waals surface area contributed by atoms with Gasteiger partial charge in [-0.15, -0.1) is 11.8 Å². The minimum absolute atomic E-state index is 0.274. The van der Waals surface area contributed by atoms with Crippen LogP contribution in [0.2, 0.25) is 0 Å². The fourth-order valence-electron chi connectivity index (χ4n) is 4.67. The van der Waals surface area contributed by atoms with Crippen molar-refractivity contribution in [3.8, 4) is 0 Å². The van der Waals surface area contributed by atoms with Gasteiger partial charge in [0, 0.05) is 49.0 Å². The first-order chi connectivity index (χ1) is 16.9. The lowest BCUT2D eigenvalue weighted by atomic mass is 9.95. The summed E-state index contributed by atoms with van der Waals surface area (Å²) in [6.45, 7) is 10.3. The molecule has 1 saturated heterocycles. The molecule has 4 rings (SSSR count). The molecule has 2 aliphatic rings. The molecule has 0 unspecified atom stereocenters. The molecule has 0 aromatic heterocycles. The standard InChI is InChI=1S/C27H34N4O3S/c1-5-34-26(32)24-22(28-27(33)29-25(24)20-8-10-21(35-4)11-9-20)17-30-12-14-31(15-13-30)23-16-18(2)6-7-19(23)3/h6-11,16,25H,5,12-15,17H2,1-4H3,(H2,28,29,33)/t25-/m0/s1. The summed E-state index contributed by atoms with van der Waals surface area (Å²) in [5.41, 5.74) is 5.76. The van der Waals surface area contributed by atoms with E-state index in [1.165, 1.54) is 16.8 Å². The highest BCUT2D eigenvalue weighted by Crippen LogP contribution is 2.30. The predicted molar refractivity (Wildman–Crippen MR) is 141 cm³/mol. The second-order valence-electron chi connectivity index (χ2n) is 8.97. The third-order valence-corrected chi connectivity index (χ3v) is 7.30. The van der Waals surface area contributed by atoms with Gasteiger partial charge in [0.15, 0.2) is 0 Å². The molecule has 8 heteroatoms. The van der Waals surface area contributed by atoms with Crippen molar-refractivity contribution in [1.29, 1.82) is 0 Å². The molecule has 2 aromatic rings. The van der Waals surface area contributed by atoms with Gasteiger partial charge in [-0.3, -0.25) is 4.90 Å². The van der Waals surface area contributed by atoms with Gasteiger partial charge in [-0.05, 0) is 61.9 Å². The van der Waals surface area contributed by atoms with Crippen LogP contribution in [-0.2, 0) is 9.53 Å². The molecule has 1 atom stereocenters. The van der Waals surface area contributed by atoms with E-state index < -0.39 is 12.0 Å². The number of benzene rings is 2. The Morgan fingerprint density at radius 2 is 1.80 bits per heavy atom. The highest BCUT2D eigenvalue weighted by Gasteiger charge is 2.34. The molecule has 1 fully saturated rings. The summed E-state index contributed by atoms with van der Waals surface area (Å²) in [5.74, 6) is -0.400. The lowest BCUT2D eigenvalue weighted by Crippen LogP contribution is -2.52. The topological polar surface area (TPSA) is 73.9 Å². The van der Waals surface area contributed by atoms with Gasteiger partial charge < -0.3 is 20.3 Å². The Labute approximate surface area is 211 Å². The van der Waals surface area contributed by atoms with Crippen LogP contribution in [0.1, 0.15) is 29.7 Å². The molecular weight excluding hydrogens is 460 g/mol. The van der Waals surface area contributed by atoms with Crippen molar-refractivity contribution in [2.45, 2.75) is 31.7 Å². The second kappa shape index (κ2) is 11.2. The van der Waals surface area contributed by atoms with Crippen molar-refractivity contribution in [2.75, 3.05) is 50.5 Å². The van der Waals surface area contributed by atoms with Crippen LogP contribution in [0.3, 0.4) is 0 Å². The SMILES string of the molecule is CCOC(=O)C1=C(CN2CCN(c3cc(C)ccc3C)CC2)NC(=O)N[C@H]1c1ccc(SC)cc1. The van der Waals surface area contributed by atoms with Gasteiger partial charge in [0.2, 0.25) is 0 Å². The Morgan fingerprint density at radius 1 is 1.09 bits per heavy atom. The van der Waals surface area contributed by atoms with Gasteiger partial charge >= 0.3 is 12.0 Å². The summed E-state index contributed by atoms with van der Waals surface area (Å²) >= 11 is 1.65. The summed E-state index contributed by atoms with van der Waals surface area (Å²) in [6, 6.07) is 13.6. The van der Waals surface area contributed by atoms with Crippen molar-refractivity contribution < 1.29 is 14.3 Å². The van der Waals surface area contributed by atoms with Crippen LogP contribution in [-0.4, -0.2) is 62.5 Å². The minimum atomic E-state index is -0.551. The molecule has 2 aromatic carbocycles. The van der Waals surface area contributed by atoms with Crippen LogP contribution in [0, 0.1) is 13.8 Å². The maximum absolute atomic E-state index is 13.1. The van der Waals surface area contributed by atoms with Gasteiger partial charge in [-0.2, -0.15) is 0 Å². The maximum Gasteiger partial charge on any atom is 0.338 e. The number of carbonyl (C=O) groups is 2. The molecule has 2 N–H and O–H groups in total. The minimum Gasteiger partial charge on any atom is -0.463 e. The number of piperazine rings is 1.